The molecule has 104 valence electrons. The predicted octanol–water partition coefficient (Wildman–Crippen LogP) is 4.28. The van der Waals surface area contributed by atoms with Gasteiger partial charge in [0.1, 0.15) is 0 Å². The van der Waals surface area contributed by atoms with Crippen LogP contribution in [0.2, 0.25) is 0 Å². The number of hydrogen-bond acceptors (Lipinski definition) is 2. The van der Waals surface area contributed by atoms with Crippen LogP contribution < -0.4 is 0 Å². The summed E-state index contributed by atoms with van der Waals surface area (Å²) in [6.45, 7) is 13.4. The Kier molecular flexibility index (Phi) is 6.71. The summed E-state index contributed by atoms with van der Waals surface area (Å²) >= 11 is 0. The molecule has 17 heavy (non-hydrogen) atoms. The SMILES string of the molecule is COC(C)(CC(C)C)CC(C)(CC(C)C)OC. The molecule has 0 aliphatic carbocycles. The van der Waals surface area contributed by atoms with Gasteiger partial charge in [-0.25, -0.2) is 0 Å². The second-order valence-electron chi connectivity index (χ2n) is 6.68. The van der Waals surface area contributed by atoms with Crippen LogP contribution in [-0.4, -0.2) is 25.4 Å². The first-order chi connectivity index (χ1) is 7.66. The van der Waals surface area contributed by atoms with E-state index in [4.69, 9.17) is 9.47 Å². The lowest BCUT2D eigenvalue weighted by Crippen LogP contribution is -2.42. The van der Waals surface area contributed by atoms with Gasteiger partial charge in [-0.15, -0.1) is 0 Å². The monoisotopic (exact) mass is 244 g/mol. The van der Waals surface area contributed by atoms with E-state index in [0.29, 0.717) is 11.8 Å². The second-order valence-corrected chi connectivity index (χ2v) is 6.68. The van der Waals surface area contributed by atoms with Crippen molar-refractivity contribution in [2.24, 2.45) is 11.8 Å². The third kappa shape index (κ3) is 6.42. The topological polar surface area (TPSA) is 18.5 Å². The van der Waals surface area contributed by atoms with Crippen molar-refractivity contribution in [3.63, 3.8) is 0 Å². The van der Waals surface area contributed by atoms with Crippen LogP contribution in [-0.2, 0) is 9.47 Å². The maximum atomic E-state index is 5.75. The van der Waals surface area contributed by atoms with E-state index in [1.165, 1.54) is 0 Å². The van der Waals surface area contributed by atoms with Crippen LogP contribution in [0.5, 0.6) is 0 Å². The van der Waals surface area contributed by atoms with E-state index in [-0.39, 0.29) is 11.2 Å². The van der Waals surface area contributed by atoms with Crippen molar-refractivity contribution < 1.29 is 9.47 Å². The summed E-state index contributed by atoms with van der Waals surface area (Å²) in [6.07, 6.45) is 3.09. The molecular weight excluding hydrogens is 212 g/mol. The summed E-state index contributed by atoms with van der Waals surface area (Å²) in [5.74, 6) is 1.28. The molecule has 0 bridgehead atoms. The first kappa shape index (κ1) is 16.9. The van der Waals surface area contributed by atoms with Gasteiger partial charge in [-0.3, -0.25) is 0 Å². The fourth-order valence-electron chi connectivity index (χ4n) is 2.97. The van der Waals surface area contributed by atoms with Gasteiger partial charge < -0.3 is 9.47 Å². The van der Waals surface area contributed by atoms with Gasteiger partial charge in [-0.1, -0.05) is 27.7 Å². The van der Waals surface area contributed by atoms with E-state index >= 15 is 0 Å². The third-order valence-electron chi connectivity index (χ3n) is 3.41. The molecule has 2 nitrogen and oxygen atoms in total. The lowest BCUT2D eigenvalue weighted by Gasteiger charge is -2.39. The smallest absolute Gasteiger partial charge is 0.0680 e. The average Bonchev–Trinajstić information content (AvgIpc) is 2.15. The second kappa shape index (κ2) is 6.75. The predicted molar refractivity (Wildman–Crippen MR) is 74.4 cm³/mol. The van der Waals surface area contributed by atoms with E-state index in [2.05, 4.69) is 41.5 Å². The molecule has 0 aromatic rings. The molecule has 0 rings (SSSR count). The van der Waals surface area contributed by atoms with Gasteiger partial charge in [0.2, 0.25) is 0 Å². The van der Waals surface area contributed by atoms with Gasteiger partial charge in [0.25, 0.3) is 0 Å². The van der Waals surface area contributed by atoms with Gasteiger partial charge in [0.05, 0.1) is 11.2 Å². The van der Waals surface area contributed by atoms with Crippen LogP contribution in [0.15, 0.2) is 0 Å². The van der Waals surface area contributed by atoms with Gasteiger partial charge >= 0.3 is 0 Å². The van der Waals surface area contributed by atoms with Crippen LogP contribution in [0.1, 0.15) is 60.8 Å². The highest BCUT2D eigenvalue weighted by molar-refractivity contribution is 4.88. The Bertz CT molecular complexity index is 191. The minimum atomic E-state index is -0.0895. The molecule has 0 fully saturated rings. The molecule has 0 heterocycles. The molecule has 2 unspecified atom stereocenters. The van der Waals surface area contributed by atoms with E-state index in [1.54, 1.807) is 0 Å². The van der Waals surface area contributed by atoms with E-state index in [1.807, 2.05) is 14.2 Å². The van der Waals surface area contributed by atoms with Crippen molar-refractivity contribution in [2.45, 2.75) is 72.0 Å². The summed E-state index contributed by atoms with van der Waals surface area (Å²) in [7, 11) is 3.63. The number of methoxy groups -OCH3 is 2. The highest BCUT2D eigenvalue weighted by Crippen LogP contribution is 2.34. The number of rotatable bonds is 8. The molecular formula is C15H32O2. The lowest BCUT2D eigenvalue weighted by molar-refractivity contribution is -0.102. The first-order valence-corrected chi connectivity index (χ1v) is 6.76. The first-order valence-electron chi connectivity index (χ1n) is 6.76. The Labute approximate surface area is 108 Å². The van der Waals surface area contributed by atoms with Crippen LogP contribution in [0.3, 0.4) is 0 Å². The molecule has 2 heteroatoms. The zero-order valence-electron chi connectivity index (χ0n) is 13.1. The zero-order chi connectivity index (χ0) is 13.7. The van der Waals surface area contributed by atoms with Gasteiger partial charge in [-0.05, 0) is 38.5 Å². The molecule has 0 aromatic heterocycles. The van der Waals surface area contributed by atoms with Crippen molar-refractivity contribution in [2.75, 3.05) is 14.2 Å². The van der Waals surface area contributed by atoms with E-state index in [0.717, 1.165) is 19.3 Å². The van der Waals surface area contributed by atoms with Gasteiger partial charge in [0.15, 0.2) is 0 Å². The van der Waals surface area contributed by atoms with Crippen molar-refractivity contribution in [3.05, 3.63) is 0 Å². The highest BCUT2D eigenvalue weighted by atomic mass is 16.5. The largest absolute Gasteiger partial charge is 0.378 e. The average molecular weight is 244 g/mol. The molecule has 0 aliphatic heterocycles. The molecule has 0 aromatic carbocycles. The quantitative estimate of drug-likeness (QED) is 0.634. The maximum Gasteiger partial charge on any atom is 0.0680 e. The van der Waals surface area contributed by atoms with Crippen molar-refractivity contribution in [1.82, 2.24) is 0 Å². The molecule has 0 saturated carbocycles. The van der Waals surface area contributed by atoms with Gasteiger partial charge in [-0.2, -0.15) is 0 Å². The summed E-state index contributed by atoms with van der Waals surface area (Å²) in [5.41, 5.74) is -0.179. The molecule has 0 aliphatic rings. The zero-order valence-corrected chi connectivity index (χ0v) is 13.1. The molecule has 0 radical (unpaired) electrons. The fourth-order valence-corrected chi connectivity index (χ4v) is 2.97. The standard InChI is InChI=1S/C15H32O2/c1-12(2)9-14(5,16-7)11-15(6,17-8)10-13(3)4/h12-13H,9-11H2,1-8H3. The maximum absolute atomic E-state index is 5.75. The molecule has 0 amide bonds. The van der Waals surface area contributed by atoms with Crippen LogP contribution in [0, 0.1) is 11.8 Å². The van der Waals surface area contributed by atoms with E-state index in [9.17, 15) is 0 Å². The molecule has 0 spiro atoms. The minimum absolute atomic E-state index is 0.0895. The van der Waals surface area contributed by atoms with Crippen LogP contribution in [0.25, 0.3) is 0 Å². The Morgan fingerprint density at radius 2 is 1.06 bits per heavy atom. The normalized spacial score (nSPS) is 19.4. The summed E-state index contributed by atoms with van der Waals surface area (Å²) in [6, 6.07) is 0. The van der Waals surface area contributed by atoms with Crippen molar-refractivity contribution in [3.8, 4) is 0 Å². The summed E-state index contributed by atoms with van der Waals surface area (Å²) in [4.78, 5) is 0. The number of ether oxygens (including phenoxy) is 2. The lowest BCUT2D eigenvalue weighted by atomic mass is 9.80. The van der Waals surface area contributed by atoms with Crippen molar-refractivity contribution in [1.29, 1.82) is 0 Å². The van der Waals surface area contributed by atoms with Crippen LogP contribution in [0.4, 0.5) is 0 Å². The highest BCUT2D eigenvalue weighted by Gasteiger charge is 2.36. The summed E-state index contributed by atoms with van der Waals surface area (Å²) < 4.78 is 11.5. The summed E-state index contributed by atoms with van der Waals surface area (Å²) in [5, 5.41) is 0. The van der Waals surface area contributed by atoms with Crippen molar-refractivity contribution >= 4 is 0 Å². The Hall–Kier alpha value is -0.0800. The molecule has 0 N–H and O–H groups in total. The molecule has 0 saturated heterocycles. The van der Waals surface area contributed by atoms with E-state index < -0.39 is 0 Å². The molecule has 2 atom stereocenters. The van der Waals surface area contributed by atoms with Crippen LogP contribution >= 0.6 is 0 Å². The fraction of sp³-hybridized carbons (Fsp3) is 1.00. The Morgan fingerprint density at radius 1 is 0.765 bits per heavy atom. The third-order valence-corrected chi connectivity index (χ3v) is 3.41. The Balaban J connectivity index is 4.70. The minimum Gasteiger partial charge on any atom is -0.378 e. The Morgan fingerprint density at radius 3 is 1.24 bits per heavy atom. The number of hydrogen-bond donors (Lipinski definition) is 0. The van der Waals surface area contributed by atoms with Gasteiger partial charge in [0, 0.05) is 20.6 Å².